The smallest absolute Gasteiger partial charge is 0.173 e. The Morgan fingerprint density at radius 3 is 2.59 bits per heavy atom. The SMILES string of the molecule is C=CC[C@@]12CCC(C)(C)[C@@](CC=C)(C(=O)C3C(=O)C=C(c4cccs4)OC31)C2O. The highest BCUT2D eigenvalue weighted by Gasteiger charge is 2.73. The number of fused-ring (bicyclic) bond motifs is 4. The molecule has 0 amide bonds. The minimum absolute atomic E-state index is 0.203. The monoisotopic (exact) mass is 412 g/mol. The maximum Gasteiger partial charge on any atom is 0.173 e. The number of carbonyl (C=O) groups excluding carboxylic acids is 2. The lowest BCUT2D eigenvalue weighted by Crippen LogP contribution is -2.73. The van der Waals surface area contributed by atoms with Crippen LogP contribution in [0.2, 0.25) is 0 Å². The van der Waals surface area contributed by atoms with Gasteiger partial charge in [0.25, 0.3) is 0 Å². The summed E-state index contributed by atoms with van der Waals surface area (Å²) in [5, 5.41) is 13.7. The zero-order chi connectivity index (χ0) is 21.0. The van der Waals surface area contributed by atoms with Gasteiger partial charge in [-0.25, -0.2) is 0 Å². The van der Waals surface area contributed by atoms with Gasteiger partial charge in [-0.15, -0.1) is 24.5 Å². The van der Waals surface area contributed by atoms with E-state index in [1.54, 1.807) is 12.2 Å². The minimum Gasteiger partial charge on any atom is -0.487 e. The molecule has 4 rings (SSSR count). The normalized spacial score (nSPS) is 37.9. The molecule has 5 atom stereocenters. The van der Waals surface area contributed by atoms with Gasteiger partial charge in [0.2, 0.25) is 0 Å². The summed E-state index contributed by atoms with van der Waals surface area (Å²) in [5.41, 5.74) is -2.24. The lowest BCUT2D eigenvalue weighted by molar-refractivity contribution is -0.235. The van der Waals surface area contributed by atoms with Crippen molar-refractivity contribution in [1.82, 2.24) is 0 Å². The molecule has 0 saturated heterocycles. The van der Waals surface area contributed by atoms with E-state index >= 15 is 0 Å². The first kappa shape index (κ1) is 20.3. The van der Waals surface area contributed by atoms with Crippen LogP contribution < -0.4 is 0 Å². The van der Waals surface area contributed by atoms with Crippen molar-refractivity contribution in [3.8, 4) is 0 Å². The van der Waals surface area contributed by atoms with Gasteiger partial charge in [-0.1, -0.05) is 32.1 Å². The molecular formula is C24H28O4S. The quantitative estimate of drug-likeness (QED) is 0.569. The Morgan fingerprint density at radius 1 is 1.24 bits per heavy atom. The van der Waals surface area contributed by atoms with Gasteiger partial charge in [-0.05, 0) is 42.5 Å². The van der Waals surface area contributed by atoms with E-state index in [2.05, 4.69) is 13.2 Å². The third kappa shape index (κ3) is 2.53. The second-order valence-electron chi connectivity index (χ2n) is 9.25. The van der Waals surface area contributed by atoms with Gasteiger partial charge in [0, 0.05) is 11.5 Å². The Balaban J connectivity index is 1.92. The highest BCUT2D eigenvalue weighted by molar-refractivity contribution is 7.11. The van der Waals surface area contributed by atoms with Crippen molar-refractivity contribution in [2.75, 3.05) is 0 Å². The average Bonchev–Trinajstić information content (AvgIpc) is 3.21. The summed E-state index contributed by atoms with van der Waals surface area (Å²) in [6.45, 7) is 11.8. The van der Waals surface area contributed by atoms with E-state index < -0.39 is 34.4 Å². The first-order chi connectivity index (χ1) is 13.7. The van der Waals surface area contributed by atoms with E-state index in [1.807, 2.05) is 31.4 Å². The molecule has 2 bridgehead atoms. The molecule has 1 N–H and O–H groups in total. The van der Waals surface area contributed by atoms with Gasteiger partial charge in [0.1, 0.15) is 17.8 Å². The molecule has 0 spiro atoms. The van der Waals surface area contributed by atoms with Crippen LogP contribution in [0.3, 0.4) is 0 Å². The number of ketones is 2. The Bertz CT molecular complexity index is 896. The van der Waals surface area contributed by atoms with E-state index in [-0.39, 0.29) is 11.6 Å². The summed E-state index contributed by atoms with van der Waals surface area (Å²) >= 11 is 1.49. The number of hydrogen-bond donors (Lipinski definition) is 1. The topological polar surface area (TPSA) is 63.6 Å². The van der Waals surface area contributed by atoms with Crippen molar-refractivity contribution in [2.24, 2.45) is 22.2 Å². The predicted octanol–water partition coefficient (Wildman–Crippen LogP) is 4.56. The third-order valence-electron chi connectivity index (χ3n) is 7.61. The van der Waals surface area contributed by atoms with Crippen molar-refractivity contribution in [1.29, 1.82) is 0 Å². The molecule has 3 aliphatic rings. The van der Waals surface area contributed by atoms with Gasteiger partial charge in [-0.2, -0.15) is 0 Å². The molecule has 2 fully saturated rings. The van der Waals surface area contributed by atoms with Crippen LogP contribution in [-0.4, -0.2) is 28.9 Å². The van der Waals surface area contributed by atoms with Gasteiger partial charge < -0.3 is 9.84 Å². The van der Waals surface area contributed by atoms with Crippen LogP contribution in [0.25, 0.3) is 5.76 Å². The van der Waals surface area contributed by atoms with Crippen LogP contribution in [0.15, 0.2) is 48.9 Å². The van der Waals surface area contributed by atoms with E-state index in [0.29, 0.717) is 25.0 Å². The molecule has 0 radical (unpaired) electrons. The lowest BCUT2D eigenvalue weighted by atomic mass is 9.39. The number of Topliss-reactive ketones (excluding diaryl/α,β-unsaturated/α-hetero) is 1. The maximum atomic E-state index is 13.9. The molecule has 4 nitrogen and oxygen atoms in total. The molecule has 2 saturated carbocycles. The number of carbonyl (C=O) groups is 2. The number of aliphatic hydroxyl groups excluding tert-OH is 1. The lowest BCUT2D eigenvalue weighted by Gasteiger charge is -2.65. The van der Waals surface area contributed by atoms with Crippen molar-refractivity contribution >= 4 is 28.7 Å². The average molecular weight is 413 g/mol. The molecule has 1 aliphatic heterocycles. The predicted molar refractivity (Wildman–Crippen MR) is 114 cm³/mol. The molecular weight excluding hydrogens is 384 g/mol. The molecule has 5 heteroatoms. The molecule has 2 aliphatic carbocycles. The van der Waals surface area contributed by atoms with E-state index in [9.17, 15) is 14.7 Å². The fourth-order valence-corrected chi connectivity index (χ4v) is 6.68. The second-order valence-corrected chi connectivity index (χ2v) is 10.2. The Kier molecular flexibility index (Phi) is 4.74. The zero-order valence-electron chi connectivity index (χ0n) is 17.0. The summed E-state index contributed by atoms with van der Waals surface area (Å²) in [7, 11) is 0. The molecule has 3 unspecified atom stereocenters. The van der Waals surface area contributed by atoms with E-state index in [0.717, 1.165) is 11.3 Å². The standard InChI is InChI=1S/C24H28O4S/c1-5-9-23-12-11-22(3,4)24(10-6-2,21(23)27)19(26)18-15(25)14-16(28-20(18)23)17-8-7-13-29-17/h5-8,13-14,18,20-21,27H,1-2,9-12H2,3-4H3/t18?,20?,21?,23-,24+/m1/s1. The highest BCUT2D eigenvalue weighted by atomic mass is 32.1. The zero-order valence-corrected chi connectivity index (χ0v) is 17.8. The van der Waals surface area contributed by atoms with Crippen LogP contribution in [0.4, 0.5) is 0 Å². The largest absolute Gasteiger partial charge is 0.487 e. The number of allylic oxidation sites excluding steroid dienone is 3. The van der Waals surface area contributed by atoms with Gasteiger partial charge in [0.15, 0.2) is 11.6 Å². The first-order valence-electron chi connectivity index (χ1n) is 10.2. The van der Waals surface area contributed by atoms with Crippen molar-refractivity contribution in [3.05, 3.63) is 53.8 Å². The number of thiophene rings is 1. The van der Waals surface area contributed by atoms with Crippen LogP contribution in [0.5, 0.6) is 0 Å². The fourth-order valence-electron chi connectivity index (χ4n) is 6.00. The van der Waals surface area contributed by atoms with Crippen LogP contribution in [-0.2, 0) is 14.3 Å². The van der Waals surface area contributed by atoms with Crippen molar-refractivity contribution in [3.63, 3.8) is 0 Å². The molecule has 29 heavy (non-hydrogen) atoms. The van der Waals surface area contributed by atoms with Crippen LogP contribution in [0, 0.1) is 22.2 Å². The van der Waals surface area contributed by atoms with E-state index in [4.69, 9.17) is 4.74 Å². The highest BCUT2D eigenvalue weighted by Crippen LogP contribution is 2.67. The van der Waals surface area contributed by atoms with Crippen LogP contribution >= 0.6 is 11.3 Å². The third-order valence-corrected chi connectivity index (χ3v) is 8.50. The minimum atomic E-state index is -1.05. The molecule has 1 aromatic heterocycles. The first-order valence-corrected chi connectivity index (χ1v) is 11.0. The van der Waals surface area contributed by atoms with Gasteiger partial charge in [-0.3, -0.25) is 9.59 Å². The number of aliphatic hydroxyl groups is 1. The van der Waals surface area contributed by atoms with E-state index in [1.165, 1.54) is 17.4 Å². The summed E-state index contributed by atoms with van der Waals surface area (Å²) in [6, 6.07) is 3.80. The maximum absolute atomic E-state index is 13.9. The Morgan fingerprint density at radius 2 is 1.97 bits per heavy atom. The summed E-state index contributed by atoms with van der Waals surface area (Å²) in [5.74, 6) is -0.829. The molecule has 154 valence electrons. The van der Waals surface area contributed by atoms with Crippen molar-refractivity contribution in [2.45, 2.75) is 51.7 Å². The fraction of sp³-hybridized carbons (Fsp3) is 0.500. The molecule has 1 aromatic rings. The Labute approximate surface area is 176 Å². The molecule has 0 aromatic carbocycles. The van der Waals surface area contributed by atoms with Crippen LogP contribution in [0.1, 0.15) is 44.4 Å². The summed E-state index contributed by atoms with van der Waals surface area (Å²) in [6.07, 6.45) is 5.60. The molecule has 2 heterocycles. The number of rotatable bonds is 5. The second kappa shape index (κ2) is 6.78. The number of ether oxygens (including phenoxy) is 1. The summed E-state index contributed by atoms with van der Waals surface area (Å²) in [4.78, 5) is 28.0. The van der Waals surface area contributed by atoms with Crippen molar-refractivity contribution < 1.29 is 19.4 Å². The number of hydrogen-bond acceptors (Lipinski definition) is 5. The van der Waals surface area contributed by atoms with Gasteiger partial charge in [0.05, 0.1) is 16.4 Å². The summed E-state index contributed by atoms with van der Waals surface area (Å²) < 4.78 is 6.38. The van der Waals surface area contributed by atoms with Gasteiger partial charge >= 0.3 is 0 Å². The Hall–Kier alpha value is -1.98.